The van der Waals surface area contributed by atoms with Crippen LogP contribution in [0.1, 0.15) is 11.3 Å². The van der Waals surface area contributed by atoms with Gasteiger partial charge in [0, 0.05) is 28.4 Å². The molecule has 0 spiro atoms. The Morgan fingerprint density at radius 2 is 1.32 bits per heavy atom. The third-order valence-electron chi connectivity index (χ3n) is 6.18. The van der Waals surface area contributed by atoms with Gasteiger partial charge in [0.15, 0.2) is 5.65 Å². The molecule has 0 unspecified atom stereocenters. The first-order valence-electron chi connectivity index (χ1n) is 12.1. The van der Waals surface area contributed by atoms with E-state index in [9.17, 15) is 0 Å². The summed E-state index contributed by atoms with van der Waals surface area (Å²) in [6.45, 7) is 4.12. The lowest BCUT2D eigenvalue weighted by Gasteiger charge is -2.11. The molecule has 0 radical (unpaired) electrons. The van der Waals surface area contributed by atoms with Crippen LogP contribution < -0.4 is 10.6 Å². The van der Waals surface area contributed by atoms with Gasteiger partial charge in [0.2, 0.25) is 0 Å². The zero-order valence-electron chi connectivity index (χ0n) is 20.6. The summed E-state index contributed by atoms with van der Waals surface area (Å²) in [6.07, 6.45) is 1.58. The van der Waals surface area contributed by atoms with Crippen LogP contribution in [0.5, 0.6) is 0 Å². The van der Waals surface area contributed by atoms with E-state index in [1.54, 1.807) is 6.33 Å². The fourth-order valence-electron chi connectivity index (χ4n) is 4.44. The molecule has 0 amide bonds. The first-order chi connectivity index (χ1) is 18.1. The third-order valence-corrected chi connectivity index (χ3v) is 6.18. The van der Waals surface area contributed by atoms with Crippen LogP contribution >= 0.6 is 0 Å². The fourth-order valence-corrected chi connectivity index (χ4v) is 4.44. The van der Waals surface area contributed by atoms with Crippen LogP contribution in [-0.2, 0) is 0 Å². The second-order valence-electron chi connectivity index (χ2n) is 8.84. The van der Waals surface area contributed by atoms with Crippen LogP contribution in [0.3, 0.4) is 0 Å². The SMILES string of the molecule is Cc1cc(Nc2ccc(Nc3cc(-c4ccccc4)ncn3)cc2)nc2c1c(C)nn2-c1ccccc1. The number of fused-ring (bicyclic) bond motifs is 1. The molecule has 7 nitrogen and oxygen atoms in total. The number of para-hydroxylation sites is 1. The van der Waals surface area contributed by atoms with E-state index < -0.39 is 0 Å². The minimum Gasteiger partial charge on any atom is -0.340 e. The number of nitrogens with one attached hydrogen (secondary N) is 2. The van der Waals surface area contributed by atoms with Gasteiger partial charge in [-0.05, 0) is 61.9 Å². The van der Waals surface area contributed by atoms with Crippen molar-refractivity contribution in [2.75, 3.05) is 10.6 Å². The minimum absolute atomic E-state index is 0.738. The van der Waals surface area contributed by atoms with Crippen molar-refractivity contribution in [3.05, 3.63) is 115 Å². The van der Waals surface area contributed by atoms with E-state index >= 15 is 0 Å². The normalized spacial score (nSPS) is 11.0. The summed E-state index contributed by atoms with van der Waals surface area (Å²) in [4.78, 5) is 13.7. The molecule has 2 N–H and O–H groups in total. The number of aryl methyl sites for hydroxylation is 2. The molecule has 0 aliphatic rings. The van der Waals surface area contributed by atoms with Crippen LogP contribution in [0.2, 0.25) is 0 Å². The quantitative estimate of drug-likeness (QED) is 0.266. The Balaban J connectivity index is 1.23. The second kappa shape index (κ2) is 9.54. The molecule has 0 fully saturated rings. The number of anilines is 4. The Labute approximate surface area is 214 Å². The minimum atomic E-state index is 0.738. The van der Waals surface area contributed by atoms with Gasteiger partial charge in [-0.1, -0.05) is 48.5 Å². The van der Waals surface area contributed by atoms with Crippen molar-refractivity contribution in [3.63, 3.8) is 0 Å². The Morgan fingerprint density at radius 1 is 0.676 bits per heavy atom. The van der Waals surface area contributed by atoms with Gasteiger partial charge in [-0.15, -0.1) is 0 Å². The maximum absolute atomic E-state index is 4.91. The summed E-state index contributed by atoms with van der Waals surface area (Å²) in [5.41, 5.74) is 7.71. The number of pyridine rings is 1. The van der Waals surface area contributed by atoms with E-state index in [0.29, 0.717) is 0 Å². The number of hydrogen-bond acceptors (Lipinski definition) is 6. The monoisotopic (exact) mass is 483 g/mol. The van der Waals surface area contributed by atoms with Crippen molar-refractivity contribution in [1.29, 1.82) is 0 Å². The van der Waals surface area contributed by atoms with Crippen LogP contribution in [0, 0.1) is 13.8 Å². The molecule has 0 atom stereocenters. The highest BCUT2D eigenvalue weighted by atomic mass is 15.3. The van der Waals surface area contributed by atoms with E-state index in [4.69, 9.17) is 10.1 Å². The van der Waals surface area contributed by atoms with E-state index in [2.05, 4.69) is 33.6 Å². The first kappa shape index (κ1) is 22.4. The van der Waals surface area contributed by atoms with Gasteiger partial charge in [-0.25, -0.2) is 19.6 Å². The van der Waals surface area contributed by atoms with E-state index in [0.717, 1.165) is 62.2 Å². The lowest BCUT2D eigenvalue weighted by molar-refractivity contribution is 0.878. The van der Waals surface area contributed by atoms with E-state index in [-0.39, 0.29) is 0 Å². The van der Waals surface area contributed by atoms with Crippen molar-refractivity contribution >= 4 is 34.0 Å². The average Bonchev–Trinajstić information content (AvgIpc) is 3.27. The van der Waals surface area contributed by atoms with Crippen molar-refractivity contribution in [1.82, 2.24) is 24.7 Å². The van der Waals surface area contributed by atoms with Crippen molar-refractivity contribution in [3.8, 4) is 16.9 Å². The summed E-state index contributed by atoms with van der Waals surface area (Å²) in [5.74, 6) is 1.51. The summed E-state index contributed by atoms with van der Waals surface area (Å²) >= 11 is 0. The van der Waals surface area contributed by atoms with Gasteiger partial charge in [0.05, 0.1) is 17.1 Å². The van der Waals surface area contributed by atoms with Crippen LogP contribution in [0.25, 0.3) is 28.0 Å². The highest BCUT2D eigenvalue weighted by molar-refractivity contribution is 5.85. The van der Waals surface area contributed by atoms with Crippen LogP contribution in [0.4, 0.5) is 23.0 Å². The zero-order valence-corrected chi connectivity index (χ0v) is 20.6. The van der Waals surface area contributed by atoms with Gasteiger partial charge in [0.25, 0.3) is 0 Å². The first-order valence-corrected chi connectivity index (χ1v) is 12.1. The molecule has 37 heavy (non-hydrogen) atoms. The third kappa shape index (κ3) is 4.62. The molecular weight excluding hydrogens is 458 g/mol. The topological polar surface area (TPSA) is 80.6 Å². The number of aromatic nitrogens is 5. The predicted molar refractivity (Wildman–Crippen MR) is 149 cm³/mol. The number of rotatable bonds is 6. The molecule has 0 aliphatic carbocycles. The molecule has 0 saturated carbocycles. The van der Waals surface area contributed by atoms with Gasteiger partial charge in [-0.2, -0.15) is 5.10 Å². The summed E-state index contributed by atoms with van der Waals surface area (Å²) < 4.78 is 1.90. The smallest absolute Gasteiger partial charge is 0.165 e. The fraction of sp³-hybridized carbons (Fsp3) is 0.0667. The second-order valence-corrected chi connectivity index (χ2v) is 8.84. The Hall–Kier alpha value is -5.04. The van der Waals surface area contributed by atoms with Crippen LogP contribution in [0.15, 0.2) is 103 Å². The van der Waals surface area contributed by atoms with E-state index in [1.807, 2.05) is 103 Å². The summed E-state index contributed by atoms with van der Waals surface area (Å²) in [7, 11) is 0. The molecule has 3 aromatic carbocycles. The lowest BCUT2D eigenvalue weighted by Crippen LogP contribution is -2.00. The average molecular weight is 484 g/mol. The standard InChI is InChI=1S/C30H25N7/c1-20-17-28(35-30-29(20)21(2)36-37(30)25-11-7-4-8-12-25)34-24-15-13-23(14-16-24)33-27-18-26(31-19-32-27)22-9-5-3-6-10-22/h3-19H,1-2H3,(H,34,35)(H,31,32,33). The van der Waals surface area contributed by atoms with Crippen molar-refractivity contribution < 1.29 is 0 Å². The molecule has 7 heteroatoms. The largest absolute Gasteiger partial charge is 0.340 e. The maximum atomic E-state index is 4.91. The zero-order chi connectivity index (χ0) is 25.2. The van der Waals surface area contributed by atoms with E-state index in [1.165, 1.54) is 0 Å². The molecule has 6 rings (SSSR count). The Bertz CT molecular complexity index is 1680. The molecule has 3 heterocycles. The van der Waals surface area contributed by atoms with Gasteiger partial charge in [-0.3, -0.25) is 0 Å². The Morgan fingerprint density at radius 3 is 2.03 bits per heavy atom. The molecule has 0 bridgehead atoms. The molecular formula is C30H25N7. The lowest BCUT2D eigenvalue weighted by atomic mass is 10.1. The number of nitrogens with zero attached hydrogens (tertiary/aromatic N) is 5. The molecule has 0 saturated heterocycles. The summed E-state index contributed by atoms with van der Waals surface area (Å²) in [5, 5.41) is 12.6. The van der Waals surface area contributed by atoms with Gasteiger partial charge >= 0.3 is 0 Å². The van der Waals surface area contributed by atoms with Crippen molar-refractivity contribution in [2.24, 2.45) is 0 Å². The predicted octanol–water partition coefficient (Wildman–Crippen LogP) is 6.98. The highest BCUT2D eigenvalue weighted by Crippen LogP contribution is 2.28. The molecule has 6 aromatic rings. The maximum Gasteiger partial charge on any atom is 0.165 e. The van der Waals surface area contributed by atoms with Gasteiger partial charge in [0.1, 0.15) is 18.0 Å². The van der Waals surface area contributed by atoms with Crippen molar-refractivity contribution in [2.45, 2.75) is 13.8 Å². The Kier molecular flexibility index (Phi) is 5.78. The molecule has 0 aliphatic heterocycles. The summed E-state index contributed by atoms with van der Waals surface area (Å²) in [6, 6.07) is 32.2. The number of hydrogen-bond donors (Lipinski definition) is 2. The number of benzene rings is 3. The highest BCUT2D eigenvalue weighted by Gasteiger charge is 2.14. The van der Waals surface area contributed by atoms with Crippen LogP contribution in [-0.4, -0.2) is 24.7 Å². The van der Waals surface area contributed by atoms with Gasteiger partial charge < -0.3 is 10.6 Å². The molecule has 3 aromatic heterocycles. The molecule has 180 valence electrons.